The van der Waals surface area contributed by atoms with Crippen LogP contribution in [-0.2, 0) is 14.9 Å². The Hall–Kier alpha value is -5.52. The lowest BCUT2D eigenvalue weighted by atomic mass is 9.48. The number of carbonyl (C=O) groups excluding carboxylic acids is 1. The second-order valence-corrected chi connectivity index (χ2v) is 41.6. The monoisotopic (exact) mass is 1610 g/mol. The van der Waals surface area contributed by atoms with Crippen LogP contribution >= 0.6 is 11.8 Å². The number of ketones is 1. The largest absolute Gasteiger partial charge is 0.379 e. The van der Waals surface area contributed by atoms with Crippen LogP contribution in [0.3, 0.4) is 0 Å². The average Bonchev–Trinajstić information content (AvgIpc) is 1.57. The normalized spacial score (nSPS) is 26.1. The Morgan fingerprint density at radius 3 is 0.788 bits per heavy atom. The molecule has 113 heavy (non-hydrogen) atoms. The Morgan fingerprint density at radius 2 is 0.602 bits per heavy atom. The smallest absolute Gasteiger partial charge is 0.361 e. The van der Waals surface area contributed by atoms with E-state index in [-0.39, 0.29) is 49.4 Å². The summed E-state index contributed by atoms with van der Waals surface area (Å²) in [5.74, 6) is -23.7. The summed E-state index contributed by atoms with van der Waals surface area (Å²) < 4.78 is 160. The first-order valence-corrected chi connectivity index (χ1v) is 40.4. The van der Waals surface area contributed by atoms with E-state index in [4.69, 9.17) is 4.74 Å². The number of alkyl halides is 12. The lowest BCUT2D eigenvalue weighted by molar-refractivity contribution is -0.264. The number of fused-ring (bicyclic) bond motifs is 4. The van der Waals surface area contributed by atoms with Crippen LogP contribution in [0, 0.1) is 32.5 Å². The predicted molar refractivity (Wildman–Crippen MR) is 452 cm³/mol. The summed E-state index contributed by atoms with van der Waals surface area (Å²) in [6.07, 6.45) is -1.36. The number of hydrogen-bond donors (Lipinski definition) is 0. The molecular weight excluding hydrogens is 1470 g/mol. The van der Waals surface area contributed by atoms with Gasteiger partial charge in [-0.2, -0.15) is 26.3 Å². The molecular formula is C96H138F12N2O2S. The molecule has 0 amide bonds. The van der Waals surface area contributed by atoms with Crippen molar-refractivity contribution >= 4 is 34.6 Å². The molecule has 0 saturated carbocycles. The van der Waals surface area contributed by atoms with Crippen molar-refractivity contribution in [3.63, 3.8) is 0 Å². The average molecular weight is 1610 g/mol. The van der Waals surface area contributed by atoms with Gasteiger partial charge in [0.2, 0.25) is 0 Å². The van der Waals surface area contributed by atoms with Gasteiger partial charge in [-0.1, -0.05) is 166 Å². The van der Waals surface area contributed by atoms with Gasteiger partial charge in [0, 0.05) is 75.6 Å². The van der Waals surface area contributed by atoms with Gasteiger partial charge in [0.15, 0.2) is 5.78 Å². The number of allylic oxidation sites excluding steroid dienone is 10. The maximum absolute atomic E-state index is 14.0. The molecule has 5 aliphatic carbocycles. The van der Waals surface area contributed by atoms with E-state index in [2.05, 4.69) is 287 Å². The number of likely N-dealkylation sites (N-methyl/N-ethyl adjacent to an activating group) is 1. The number of rotatable bonds is 1. The molecule has 3 aromatic rings. The summed E-state index contributed by atoms with van der Waals surface area (Å²) in [7, 11) is 2.21. The maximum Gasteiger partial charge on any atom is 0.379 e. The lowest BCUT2D eigenvalue weighted by Gasteiger charge is -2.57. The summed E-state index contributed by atoms with van der Waals surface area (Å²) in [6, 6.07) is 28.9. The molecule has 0 aromatic heterocycles. The number of para-hydroxylation sites is 3. The fraction of sp³-hybridized carbons (Fsp3) is 0.635. The quantitative estimate of drug-likeness (QED) is 0.179. The van der Waals surface area contributed by atoms with Gasteiger partial charge in [-0.05, 0) is 275 Å². The first-order chi connectivity index (χ1) is 50.1. The van der Waals surface area contributed by atoms with Crippen molar-refractivity contribution in [3.8, 4) is 0 Å². The highest BCUT2D eigenvalue weighted by atomic mass is 32.2. The minimum absolute atomic E-state index is 0.00440. The van der Waals surface area contributed by atoms with Crippen LogP contribution in [0.1, 0.15) is 294 Å². The van der Waals surface area contributed by atoms with E-state index < -0.39 is 75.1 Å². The SMILES string of the molecule is CC1=C(C)C(C)(C)C(=O)C1(C)C.CC1=C(C)C(C)(C)C(F)(F)C1(C)C.CC1=C(C)C(C)(C)C2(c3ccccc3N(c3ccccc3)c3ccccc32)C1(C)C.CC1=C(C)C(C)(C)N(C)C1(C)C.CC1=C(C)C(C)(C)OC1(C)C.CC1=C(C)C(C)(C)SC1(C)C.CC1=C(C)C(F)(F)C(F)(F)C1(F)F.CC1=C(C)C(F)(F)CC1(F)F. The van der Waals surface area contributed by atoms with Gasteiger partial charge in [0.05, 0.1) is 39.8 Å². The number of hydrogen-bond acceptors (Lipinski definition) is 5. The second kappa shape index (κ2) is 30.7. The van der Waals surface area contributed by atoms with Crippen molar-refractivity contribution in [2.75, 3.05) is 11.9 Å². The predicted octanol–water partition coefficient (Wildman–Crippen LogP) is 30.7. The first-order valence-electron chi connectivity index (χ1n) is 39.6. The van der Waals surface area contributed by atoms with E-state index in [1.54, 1.807) is 38.8 Å². The van der Waals surface area contributed by atoms with Crippen molar-refractivity contribution in [2.24, 2.45) is 32.5 Å². The van der Waals surface area contributed by atoms with E-state index in [9.17, 15) is 57.5 Å². The van der Waals surface area contributed by atoms with Gasteiger partial charge in [0.1, 0.15) is 0 Å². The van der Waals surface area contributed by atoms with Crippen LogP contribution in [0.15, 0.2) is 168 Å². The van der Waals surface area contributed by atoms with Crippen LogP contribution in [0.25, 0.3) is 0 Å². The van der Waals surface area contributed by atoms with Crippen LogP contribution in [0.5, 0.6) is 0 Å². The summed E-state index contributed by atoms with van der Waals surface area (Å²) in [4.78, 5) is 16.8. The van der Waals surface area contributed by atoms with Crippen LogP contribution in [-0.4, -0.2) is 85.0 Å². The number of nitrogens with zero attached hydrogens (tertiary/aromatic N) is 2. The second-order valence-electron chi connectivity index (χ2n) is 39.3. The third-order valence-corrected chi connectivity index (χ3v) is 31.9. The highest BCUT2D eigenvalue weighted by Crippen LogP contribution is 2.73. The molecule has 0 fully saturated rings. The van der Waals surface area contributed by atoms with E-state index in [1.807, 2.05) is 41.5 Å². The maximum atomic E-state index is 14.0. The summed E-state index contributed by atoms with van der Waals surface area (Å²) >= 11 is 2.07. The van der Waals surface area contributed by atoms with E-state index in [0.29, 0.717) is 29.1 Å². The number of Topliss-reactive ketones (excluding diaryl/α,β-unsaturated/α-hetero) is 1. The molecule has 9 aliphatic rings. The molecule has 4 heterocycles. The molecule has 0 unspecified atom stereocenters. The fourth-order valence-electron chi connectivity index (χ4n) is 18.7. The Balaban J connectivity index is 0.000000240. The molecule has 1 spiro atoms. The van der Waals surface area contributed by atoms with Crippen molar-refractivity contribution < 1.29 is 62.2 Å². The highest BCUT2D eigenvalue weighted by molar-refractivity contribution is 8.02. The van der Waals surface area contributed by atoms with Gasteiger partial charge >= 0.3 is 17.8 Å². The highest BCUT2D eigenvalue weighted by Gasteiger charge is 2.78. The van der Waals surface area contributed by atoms with E-state index in [0.717, 1.165) is 25.0 Å². The van der Waals surface area contributed by atoms with Crippen LogP contribution in [0.2, 0.25) is 0 Å². The number of carbonyl (C=O) groups is 1. The third kappa shape index (κ3) is 15.7. The van der Waals surface area contributed by atoms with Crippen molar-refractivity contribution in [1.29, 1.82) is 0 Å². The standard InChI is InChI=1S/C29H31N.C11H18F2.C11H21N.C11H18O.C10H18O.C10H18S.C7H6F6.C7H8F4/c1-20-21(2)28(5,6)29(27(20,3)4)23-16-10-12-18-25(23)30(22-14-8-7-9-15-22)26-19-13-11-17-24(26)29;1-7-8(2)10(5,6)11(12,13)9(7,3)4;1-8-9(2)11(5,6)12(7)10(8,3)4;1-7-8(2)11(5,6)9(12)10(7,3)4;2*1-7-8(2)10(5,6)11-9(7,3)4;1-3-4(2)6(10,11)7(12,13)5(3,8)9;1-4-5(2)7(10,11)3-6(4,8)9/h7-19H,1-6H3;1-6H3;1-7H3;1-6H3;2*1-6H3;1-2H3;3H2,1-2H3. The van der Waals surface area contributed by atoms with E-state index >= 15 is 0 Å². The Bertz CT molecular complexity index is 4010. The molecule has 4 aliphatic heterocycles. The minimum Gasteiger partial charge on any atom is -0.361 e. The molecule has 0 atom stereocenters. The molecule has 4 nitrogen and oxygen atoms in total. The first kappa shape index (κ1) is 98.1. The number of anilines is 3. The fourth-order valence-corrected chi connectivity index (χ4v) is 20.6. The van der Waals surface area contributed by atoms with Crippen molar-refractivity contribution in [3.05, 3.63) is 179 Å². The van der Waals surface area contributed by atoms with E-state index in [1.165, 1.54) is 72.8 Å². The minimum atomic E-state index is -5.31. The molecule has 3 aromatic carbocycles. The summed E-state index contributed by atoms with van der Waals surface area (Å²) in [5, 5.41) is 0. The van der Waals surface area contributed by atoms with Crippen molar-refractivity contribution in [1.82, 2.24) is 4.90 Å². The van der Waals surface area contributed by atoms with Gasteiger partial charge in [-0.25, -0.2) is 26.3 Å². The molecule has 0 radical (unpaired) electrons. The van der Waals surface area contributed by atoms with Gasteiger partial charge in [-0.3, -0.25) is 9.69 Å². The molecule has 0 N–H and O–H groups in total. The number of halogens is 12. The zero-order valence-electron chi connectivity index (χ0n) is 76.4. The summed E-state index contributed by atoms with van der Waals surface area (Å²) in [5.41, 5.74) is 17.0. The number of benzene rings is 3. The molecule has 0 bridgehead atoms. The van der Waals surface area contributed by atoms with Crippen LogP contribution in [0.4, 0.5) is 69.7 Å². The van der Waals surface area contributed by atoms with Crippen LogP contribution < -0.4 is 4.90 Å². The molecule has 0 saturated heterocycles. The van der Waals surface area contributed by atoms with Gasteiger partial charge in [-0.15, -0.1) is 11.8 Å². The van der Waals surface area contributed by atoms with Gasteiger partial charge in [0.25, 0.3) is 17.8 Å². The third-order valence-electron chi connectivity index (χ3n) is 30.2. The van der Waals surface area contributed by atoms with Crippen molar-refractivity contribution in [2.45, 2.75) is 356 Å². The topological polar surface area (TPSA) is 32.8 Å². The number of ether oxygens (including phenoxy) is 1. The van der Waals surface area contributed by atoms with Gasteiger partial charge < -0.3 is 9.64 Å². The zero-order chi connectivity index (χ0) is 88.7. The molecule has 634 valence electrons. The Labute approximate surface area is 677 Å². The molecule has 12 rings (SSSR count). The molecule has 17 heteroatoms. The Kier molecular flexibility index (Phi) is 26.6. The zero-order valence-corrected chi connectivity index (χ0v) is 77.2. The number of thioether (sulfide) groups is 1. The summed E-state index contributed by atoms with van der Waals surface area (Å²) in [6.45, 7) is 80.4. The lowest BCUT2D eigenvalue weighted by Crippen LogP contribution is -2.52. The Morgan fingerprint density at radius 1 is 0.319 bits per heavy atom.